The highest BCUT2D eigenvalue weighted by molar-refractivity contribution is 5.85. The van der Waals surface area contributed by atoms with Crippen molar-refractivity contribution in [3.63, 3.8) is 0 Å². The van der Waals surface area contributed by atoms with Gasteiger partial charge in [0.25, 0.3) is 0 Å². The van der Waals surface area contributed by atoms with Gasteiger partial charge in [-0.25, -0.2) is 0 Å². The van der Waals surface area contributed by atoms with Crippen molar-refractivity contribution in [1.82, 2.24) is 0 Å². The Labute approximate surface area is 136 Å². The highest BCUT2D eigenvalue weighted by Crippen LogP contribution is 2.50. The van der Waals surface area contributed by atoms with Crippen LogP contribution in [0.25, 0.3) is 10.8 Å². The molecule has 22 heavy (non-hydrogen) atoms. The fraction of sp³-hybridized carbons (Fsp3) is 0.389. The second-order valence-corrected chi connectivity index (χ2v) is 6.51. The van der Waals surface area contributed by atoms with Crippen LogP contribution in [0.15, 0.2) is 42.5 Å². The number of hydrogen-bond donors (Lipinski definition) is 1. The van der Waals surface area contributed by atoms with Crippen molar-refractivity contribution in [1.29, 1.82) is 0 Å². The molecule has 0 radical (unpaired) electrons. The molecule has 1 saturated heterocycles. The van der Waals surface area contributed by atoms with E-state index in [0.29, 0.717) is 6.61 Å². The second kappa shape index (κ2) is 5.56. The maximum absolute atomic E-state index is 12.3. The molecule has 3 unspecified atom stereocenters. The number of nitrogens with two attached hydrogens (primary N) is 1. The summed E-state index contributed by atoms with van der Waals surface area (Å²) in [4.78, 5) is 12.3. The quantitative estimate of drug-likeness (QED) is 0.866. The van der Waals surface area contributed by atoms with Gasteiger partial charge in [-0.1, -0.05) is 42.5 Å². The molecule has 2 aliphatic rings. The molecule has 3 atom stereocenters. The molecular formula is C18H20ClNO2. The molecule has 1 aliphatic carbocycles. The van der Waals surface area contributed by atoms with Gasteiger partial charge in [-0.05, 0) is 35.6 Å². The number of carbonyl (C=O) groups excluding carboxylic acids is 1. The number of cyclic esters (lactones) is 1. The van der Waals surface area contributed by atoms with Gasteiger partial charge in [-0.3, -0.25) is 4.79 Å². The van der Waals surface area contributed by atoms with Crippen molar-refractivity contribution < 1.29 is 9.53 Å². The lowest BCUT2D eigenvalue weighted by molar-refractivity contribution is -0.146. The molecular weight excluding hydrogens is 298 g/mol. The summed E-state index contributed by atoms with van der Waals surface area (Å²) < 4.78 is 5.34. The SMILES string of the molecule is Cl.NC1CC2COC(=O)C2(Cc2ccc3ccccc3c2)C1. The molecule has 1 aliphatic heterocycles. The van der Waals surface area contributed by atoms with Crippen molar-refractivity contribution in [2.75, 3.05) is 6.61 Å². The summed E-state index contributed by atoms with van der Waals surface area (Å²) in [6.07, 6.45) is 2.40. The van der Waals surface area contributed by atoms with Gasteiger partial charge in [0.2, 0.25) is 0 Å². The molecule has 0 spiro atoms. The van der Waals surface area contributed by atoms with Crippen LogP contribution in [0.2, 0.25) is 0 Å². The highest BCUT2D eigenvalue weighted by Gasteiger charge is 2.57. The van der Waals surface area contributed by atoms with Gasteiger partial charge in [0, 0.05) is 12.0 Å². The van der Waals surface area contributed by atoms with Gasteiger partial charge < -0.3 is 10.5 Å². The zero-order chi connectivity index (χ0) is 14.4. The molecule has 0 aromatic heterocycles. The van der Waals surface area contributed by atoms with E-state index in [4.69, 9.17) is 10.5 Å². The standard InChI is InChI=1S/C18H19NO2.ClH/c19-16-8-15-11-21-17(20)18(15,10-16)9-12-5-6-13-3-1-2-4-14(13)7-12;/h1-7,15-16H,8-11,19H2;1H. The van der Waals surface area contributed by atoms with E-state index in [-0.39, 0.29) is 35.8 Å². The Morgan fingerprint density at radius 1 is 1.18 bits per heavy atom. The third kappa shape index (κ3) is 2.29. The minimum Gasteiger partial charge on any atom is -0.465 e. The molecule has 0 bridgehead atoms. The summed E-state index contributed by atoms with van der Waals surface area (Å²) in [6.45, 7) is 0.542. The normalized spacial score (nSPS) is 30.0. The van der Waals surface area contributed by atoms with Crippen LogP contribution in [-0.4, -0.2) is 18.6 Å². The lowest BCUT2D eigenvalue weighted by atomic mass is 9.75. The molecule has 1 heterocycles. The van der Waals surface area contributed by atoms with Crippen LogP contribution in [0.1, 0.15) is 18.4 Å². The van der Waals surface area contributed by atoms with E-state index >= 15 is 0 Å². The maximum Gasteiger partial charge on any atom is 0.312 e. The van der Waals surface area contributed by atoms with E-state index in [1.807, 2.05) is 12.1 Å². The predicted molar refractivity (Wildman–Crippen MR) is 89.0 cm³/mol. The van der Waals surface area contributed by atoms with E-state index in [2.05, 4.69) is 30.3 Å². The summed E-state index contributed by atoms with van der Waals surface area (Å²) in [6, 6.07) is 14.9. The maximum atomic E-state index is 12.3. The summed E-state index contributed by atoms with van der Waals surface area (Å²) in [7, 11) is 0. The summed E-state index contributed by atoms with van der Waals surface area (Å²) in [5.41, 5.74) is 6.92. The third-order valence-electron chi connectivity index (χ3n) is 5.15. The van der Waals surface area contributed by atoms with E-state index in [9.17, 15) is 4.79 Å². The molecule has 3 nitrogen and oxygen atoms in total. The Bertz CT molecular complexity index is 717. The van der Waals surface area contributed by atoms with Crippen LogP contribution >= 0.6 is 12.4 Å². The van der Waals surface area contributed by atoms with Crippen molar-refractivity contribution in [2.24, 2.45) is 17.1 Å². The first-order valence-corrected chi connectivity index (χ1v) is 7.58. The van der Waals surface area contributed by atoms with E-state index < -0.39 is 0 Å². The van der Waals surface area contributed by atoms with Crippen LogP contribution in [-0.2, 0) is 16.0 Å². The fourth-order valence-electron chi connectivity index (χ4n) is 4.11. The van der Waals surface area contributed by atoms with Gasteiger partial charge in [-0.15, -0.1) is 12.4 Å². The number of rotatable bonds is 2. The molecule has 2 fully saturated rings. The topological polar surface area (TPSA) is 52.3 Å². The first kappa shape index (κ1) is 15.3. The molecule has 2 aromatic rings. The number of hydrogen-bond acceptors (Lipinski definition) is 3. The van der Waals surface area contributed by atoms with Crippen molar-refractivity contribution in [3.05, 3.63) is 48.0 Å². The Kier molecular flexibility index (Phi) is 3.87. The molecule has 0 amide bonds. The van der Waals surface area contributed by atoms with Crippen LogP contribution in [0.3, 0.4) is 0 Å². The Morgan fingerprint density at radius 2 is 1.95 bits per heavy atom. The van der Waals surface area contributed by atoms with E-state index in [1.165, 1.54) is 16.3 Å². The predicted octanol–water partition coefficient (Wildman–Crippen LogP) is 3.08. The summed E-state index contributed by atoms with van der Waals surface area (Å²) >= 11 is 0. The van der Waals surface area contributed by atoms with Crippen LogP contribution in [0.4, 0.5) is 0 Å². The lowest BCUT2D eigenvalue weighted by Crippen LogP contribution is -2.32. The third-order valence-corrected chi connectivity index (χ3v) is 5.15. The van der Waals surface area contributed by atoms with Gasteiger partial charge in [-0.2, -0.15) is 0 Å². The molecule has 2 aromatic carbocycles. The van der Waals surface area contributed by atoms with Crippen LogP contribution in [0, 0.1) is 11.3 Å². The number of carbonyl (C=O) groups is 1. The Morgan fingerprint density at radius 3 is 2.77 bits per heavy atom. The van der Waals surface area contributed by atoms with Crippen molar-refractivity contribution >= 4 is 29.1 Å². The first-order valence-electron chi connectivity index (χ1n) is 7.58. The first-order chi connectivity index (χ1) is 10.2. The lowest BCUT2D eigenvalue weighted by Gasteiger charge is -2.24. The number of benzene rings is 2. The highest BCUT2D eigenvalue weighted by atomic mass is 35.5. The summed E-state index contributed by atoms with van der Waals surface area (Å²) in [5, 5.41) is 2.45. The second-order valence-electron chi connectivity index (χ2n) is 6.51. The van der Waals surface area contributed by atoms with E-state index in [0.717, 1.165) is 19.3 Å². The zero-order valence-electron chi connectivity index (χ0n) is 12.3. The monoisotopic (exact) mass is 317 g/mol. The van der Waals surface area contributed by atoms with Gasteiger partial charge >= 0.3 is 5.97 Å². The van der Waals surface area contributed by atoms with Gasteiger partial charge in [0.15, 0.2) is 0 Å². The Hall–Kier alpha value is -1.58. The average Bonchev–Trinajstić information content (AvgIpc) is 2.94. The Balaban J connectivity index is 0.00000144. The number of halogens is 1. The van der Waals surface area contributed by atoms with Crippen LogP contribution in [0.5, 0.6) is 0 Å². The van der Waals surface area contributed by atoms with Gasteiger partial charge in [0.1, 0.15) is 0 Å². The average molecular weight is 318 g/mol. The zero-order valence-corrected chi connectivity index (χ0v) is 13.1. The molecule has 2 N–H and O–H groups in total. The minimum atomic E-state index is -0.387. The van der Waals surface area contributed by atoms with E-state index in [1.54, 1.807) is 0 Å². The molecule has 1 saturated carbocycles. The van der Waals surface area contributed by atoms with Crippen molar-refractivity contribution in [2.45, 2.75) is 25.3 Å². The fourth-order valence-corrected chi connectivity index (χ4v) is 4.11. The summed E-state index contributed by atoms with van der Waals surface area (Å²) in [5.74, 6) is 0.236. The smallest absolute Gasteiger partial charge is 0.312 e. The number of fused-ring (bicyclic) bond motifs is 2. The number of esters is 1. The van der Waals surface area contributed by atoms with Gasteiger partial charge in [0.05, 0.1) is 12.0 Å². The molecule has 4 heteroatoms. The van der Waals surface area contributed by atoms with Crippen molar-refractivity contribution in [3.8, 4) is 0 Å². The molecule has 4 rings (SSSR count). The number of ether oxygens (including phenoxy) is 1. The minimum absolute atomic E-state index is 0. The largest absolute Gasteiger partial charge is 0.465 e. The van der Waals surface area contributed by atoms with Crippen LogP contribution < -0.4 is 5.73 Å². The molecule has 116 valence electrons.